The van der Waals surface area contributed by atoms with Crippen LogP contribution in [0.3, 0.4) is 0 Å². The number of carbonyl (C=O) groups excluding carboxylic acids is 2. The molecular formula is C17H24N2O2. The second-order valence-corrected chi connectivity index (χ2v) is 5.83. The van der Waals surface area contributed by atoms with Gasteiger partial charge in [0, 0.05) is 11.7 Å². The smallest absolute Gasteiger partial charge is 0.240 e. The van der Waals surface area contributed by atoms with Gasteiger partial charge >= 0.3 is 0 Å². The van der Waals surface area contributed by atoms with Crippen molar-refractivity contribution in [2.75, 3.05) is 5.32 Å². The lowest BCUT2D eigenvalue weighted by Gasteiger charge is -2.19. The first-order valence-electron chi connectivity index (χ1n) is 7.73. The highest BCUT2D eigenvalue weighted by atomic mass is 16.2. The zero-order chi connectivity index (χ0) is 15.5. The van der Waals surface area contributed by atoms with E-state index in [0.29, 0.717) is 12.8 Å². The van der Waals surface area contributed by atoms with Gasteiger partial charge in [-0.1, -0.05) is 32.0 Å². The van der Waals surface area contributed by atoms with Crippen molar-refractivity contribution in [2.24, 2.45) is 5.41 Å². The summed E-state index contributed by atoms with van der Waals surface area (Å²) in [4.78, 5) is 24.8. The Morgan fingerprint density at radius 2 is 1.86 bits per heavy atom. The molecule has 0 heterocycles. The summed E-state index contributed by atoms with van der Waals surface area (Å²) in [5, 5.41) is 5.86. The topological polar surface area (TPSA) is 58.2 Å². The Labute approximate surface area is 126 Å². The molecule has 1 atom stereocenters. The molecule has 0 aliphatic heterocycles. The molecule has 0 saturated heterocycles. The molecule has 1 aromatic rings. The molecule has 2 amide bonds. The molecule has 114 valence electrons. The van der Waals surface area contributed by atoms with E-state index in [1.807, 2.05) is 45.0 Å². The van der Waals surface area contributed by atoms with Gasteiger partial charge in [-0.15, -0.1) is 0 Å². The summed E-state index contributed by atoms with van der Waals surface area (Å²) in [5.74, 6) is -0.312. The maximum Gasteiger partial charge on any atom is 0.240 e. The first kappa shape index (κ1) is 15.5. The van der Waals surface area contributed by atoms with Gasteiger partial charge in [0.25, 0.3) is 0 Å². The standard InChI is InChI=1S/C17H24N2O2/c1-4-12(3)18-15(20)17(10-11-17)16(21)19-14-9-7-6-8-13(14)5-2/h6-9,12H,4-5,10-11H2,1-3H3,(H,18,20)(H,19,21). The molecule has 2 rings (SSSR count). The number of amides is 2. The number of rotatable bonds is 6. The number of carbonyl (C=O) groups is 2. The molecule has 0 radical (unpaired) electrons. The maximum atomic E-state index is 12.5. The quantitative estimate of drug-likeness (QED) is 0.791. The molecular weight excluding hydrogens is 264 g/mol. The fourth-order valence-corrected chi connectivity index (χ4v) is 2.34. The Bertz CT molecular complexity index is 535. The van der Waals surface area contributed by atoms with E-state index in [2.05, 4.69) is 10.6 Å². The van der Waals surface area contributed by atoms with E-state index in [1.165, 1.54) is 0 Å². The zero-order valence-electron chi connectivity index (χ0n) is 13.0. The van der Waals surface area contributed by atoms with Crippen LogP contribution in [0.1, 0.15) is 45.6 Å². The van der Waals surface area contributed by atoms with E-state index in [0.717, 1.165) is 24.1 Å². The first-order chi connectivity index (χ1) is 10.0. The second kappa shape index (κ2) is 6.29. The van der Waals surface area contributed by atoms with Crippen LogP contribution >= 0.6 is 0 Å². The van der Waals surface area contributed by atoms with E-state index in [-0.39, 0.29) is 17.9 Å². The van der Waals surface area contributed by atoms with Gasteiger partial charge < -0.3 is 10.6 Å². The van der Waals surface area contributed by atoms with Crippen molar-refractivity contribution in [3.63, 3.8) is 0 Å². The number of anilines is 1. The molecule has 1 aliphatic rings. The number of benzene rings is 1. The van der Waals surface area contributed by atoms with E-state index < -0.39 is 5.41 Å². The summed E-state index contributed by atoms with van der Waals surface area (Å²) in [6.45, 7) is 6.02. The summed E-state index contributed by atoms with van der Waals surface area (Å²) >= 11 is 0. The van der Waals surface area contributed by atoms with E-state index in [4.69, 9.17) is 0 Å². The number of para-hydroxylation sites is 1. The average molecular weight is 288 g/mol. The van der Waals surface area contributed by atoms with Crippen molar-refractivity contribution in [3.8, 4) is 0 Å². The fourth-order valence-electron chi connectivity index (χ4n) is 2.34. The van der Waals surface area contributed by atoms with Crippen LogP contribution in [0.15, 0.2) is 24.3 Å². The van der Waals surface area contributed by atoms with Crippen LogP contribution in [0, 0.1) is 5.41 Å². The van der Waals surface area contributed by atoms with Crippen molar-refractivity contribution < 1.29 is 9.59 Å². The lowest BCUT2D eigenvalue weighted by molar-refractivity contribution is -0.134. The van der Waals surface area contributed by atoms with Gasteiger partial charge in [-0.2, -0.15) is 0 Å². The summed E-state index contributed by atoms with van der Waals surface area (Å²) in [5.41, 5.74) is 1.04. The van der Waals surface area contributed by atoms with Gasteiger partial charge in [0.15, 0.2) is 0 Å². The Kier molecular flexibility index (Phi) is 4.66. The molecule has 1 fully saturated rings. The first-order valence-corrected chi connectivity index (χ1v) is 7.73. The third kappa shape index (κ3) is 3.26. The maximum absolute atomic E-state index is 12.5. The number of aryl methyl sites for hydroxylation is 1. The minimum atomic E-state index is -0.857. The van der Waals surface area contributed by atoms with Gasteiger partial charge in [0.05, 0.1) is 0 Å². The van der Waals surface area contributed by atoms with Crippen LogP contribution in [0.4, 0.5) is 5.69 Å². The van der Waals surface area contributed by atoms with E-state index >= 15 is 0 Å². The fraction of sp³-hybridized carbons (Fsp3) is 0.529. The van der Waals surface area contributed by atoms with Crippen LogP contribution < -0.4 is 10.6 Å². The highest BCUT2D eigenvalue weighted by Gasteiger charge is 2.56. The predicted octanol–water partition coefficient (Wildman–Crippen LogP) is 2.88. The molecule has 1 aliphatic carbocycles. The third-order valence-corrected chi connectivity index (χ3v) is 4.26. The highest BCUT2D eigenvalue weighted by molar-refractivity contribution is 6.13. The Morgan fingerprint density at radius 1 is 1.19 bits per heavy atom. The Morgan fingerprint density at radius 3 is 2.43 bits per heavy atom. The summed E-state index contributed by atoms with van der Waals surface area (Å²) in [7, 11) is 0. The third-order valence-electron chi connectivity index (χ3n) is 4.26. The minimum absolute atomic E-state index is 0.103. The number of nitrogens with one attached hydrogen (secondary N) is 2. The normalized spacial score (nSPS) is 16.9. The monoisotopic (exact) mass is 288 g/mol. The average Bonchev–Trinajstić information content (AvgIpc) is 3.29. The molecule has 4 heteroatoms. The van der Waals surface area contributed by atoms with Crippen LogP contribution in [0.25, 0.3) is 0 Å². The van der Waals surface area contributed by atoms with Gasteiger partial charge in [-0.25, -0.2) is 0 Å². The van der Waals surface area contributed by atoms with E-state index in [9.17, 15) is 9.59 Å². The van der Waals surface area contributed by atoms with Crippen molar-refractivity contribution in [3.05, 3.63) is 29.8 Å². The molecule has 0 spiro atoms. The van der Waals surface area contributed by atoms with Crippen molar-refractivity contribution in [1.29, 1.82) is 0 Å². The minimum Gasteiger partial charge on any atom is -0.353 e. The molecule has 0 aromatic heterocycles. The summed E-state index contributed by atoms with van der Waals surface area (Å²) in [6, 6.07) is 7.84. The molecule has 21 heavy (non-hydrogen) atoms. The summed E-state index contributed by atoms with van der Waals surface area (Å²) < 4.78 is 0. The predicted molar refractivity (Wildman–Crippen MR) is 84.0 cm³/mol. The zero-order valence-corrected chi connectivity index (χ0v) is 13.0. The van der Waals surface area contributed by atoms with E-state index in [1.54, 1.807) is 0 Å². The Hall–Kier alpha value is -1.84. The Balaban J connectivity index is 2.07. The van der Waals surface area contributed by atoms with Crippen LogP contribution in [0.5, 0.6) is 0 Å². The molecule has 4 nitrogen and oxygen atoms in total. The van der Waals surface area contributed by atoms with Gasteiger partial charge in [0.2, 0.25) is 11.8 Å². The lowest BCUT2D eigenvalue weighted by atomic mass is 10.0. The molecule has 1 aromatic carbocycles. The van der Waals surface area contributed by atoms with Gasteiger partial charge in [-0.05, 0) is 44.2 Å². The second-order valence-electron chi connectivity index (χ2n) is 5.83. The largest absolute Gasteiger partial charge is 0.353 e. The van der Waals surface area contributed by atoms with Crippen LogP contribution in [0.2, 0.25) is 0 Å². The number of hydrogen-bond acceptors (Lipinski definition) is 2. The molecule has 1 unspecified atom stereocenters. The van der Waals surface area contributed by atoms with Crippen LogP contribution in [-0.2, 0) is 16.0 Å². The van der Waals surface area contributed by atoms with Gasteiger partial charge in [0.1, 0.15) is 5.41 Å². The van der Waals surface area contributed by atoms with Crippen molar-refractivity contribution >= 4 is 17.5 Å². The number of hydrogen-bond donors (Lipinski definition) is 2. The summed E-state index contributed by atoms with van der Waals surface area (Å²) in [6.07, 6.45) is 2.98. The lowest BCUT2D eigenvalue weighted by Crippen LogP contribution is -2.43. The van der Waals surface area contributed by atoms with Crippen LogP contribution in [-0.4, -0.2) is 17.9 Å². The van der Waals surface area contributed by atoms with Gasteiger partial charge in [-0.3, -0.25) is 9.59 Å². The van der Waals surface area contributed by atoms with Crippen molar-refractivity contribution in [2.45, 2.75) is 52.5 Å². The highest BCUT2D eigenvalue weighted by Crippen LogP contribution is 2.47. The molecule has 0 bridgehead atoms. The molecule has 2 N–H and O–H groups in total. The SMILES string of the molecule is CCc1ccccc1NC(=O)C1(C(=O)NC(C)CC)CC1. The van der Waals surface area contributed by atoms with Crippen molar-refractivity contribution in [1.82, 2.24) is 5.32 Å². The molecule has 1 saturated carbocycles.